The van der Waals surface area contributed by atoms with E-state index in [1.807, 2.05) is 13.8 Å². The molecule has 18 heavy (non-hydrogen) atoms. The van der Waals surface area contributed by atoms with Crippen LogP contribution in [0, 0.1) is 0 Å². The van der Waals surface area contributed by atoms with E-state index in [2.05, 4.69) is 10.1 Å². The van der Waals surface area contributed by atoms with Crippen LogP contribution in [0.4, 0.5) is 0 Å². The van der Waals surface area contributed by atoms with Crippen molar-refractivity contribution in [3.8, 4) is 0 Å². The summed E-state index contributed by atoms with van der Waals surface area (Å²) in [5.74, 6) is -0.897. The monoisotopic (exact) mass is 256 g/mol. The highest BCUT2D eigenvalue weighted by Crippen LogP contribution is 2.18. The van der Waals surface area contributed by atoms with Gasteiger partial charge in [-0.05, 0) is 20.3 Å². The molecule has 0 aromatic heterocycles. The average molecular weight is 256 g/mol. The molecule has 0 radical (unpaired) electrons. The number of nitrogens with zero attached hydrogens (tertiary/aromatic N) is 1. The number of nitrogens with one attached hydrogen (secondary N) is 1. The van der Waals surface area contributed by atoms with Crippen molar-refractivity contribution in [2.45, 2.75) is 51.7 Å². The maximum Gasteiger partial charge on any atom is 0.322 e. The second kappa shape index (κ2) is 5.95. The van der Waals surface area contributed by atoms with Crippen LogP contribution in [0.25, 0.3) is 0 Å². The predicted molar refractivity (Wildman–Crippen MR) is 64.6 cm³/mol. The Labute approximate surface area is 107 Å². The number of carbonyl (C=O) groups is 3. The first kappa shape index (κ1) is 14.6. The Kier molecular flexibility index (Phi) is 4.84. The molecule has 6 nitrogen and oxygen atoms in total. The highest BCUT2D eigenvalue weighted by atomic mass is 16.5. The Morgan fingerprint density at radius 1 is 1.50 bits per heavy atom. The number of imide groups is 1. The molecule has 0 aromatic rings. The Bertz CT molecular complexity index is 356. The fraction of sp³-hybridized carbons (Fsp3) is 0.750. The van der Waals surface area contributed by atoms with Crippen LogP contribution < -0.4 is 5.32 Å². The number of hydrogen-bond acceptors (Lipinski definition) is 5. The molecule has 1 fully saturated rings. The Balaban J connectivity index is 2.69. The van der Waals surface area contributed by atoms with Gasteiger partial charge < -0.3 is 4.74 Å². The van der Waals surface area contributed by atoms with E-state index in [-0.39, 0.29) is 24.3 Å². The summed E-state index contributed by atoms with van der Waals surface area (Å²) in [6, 6.07) is -1.33. The standard InChI is InChI=1S/C12H20N2O4/c1-5-7(2)14-10(15)6-9(11(14)16)13-8(3)12(17)18-4/h7-9,13H,5-6H2,1-4H3. The third-order valence-corrected chi connectivity index (χ3v) is 3.22. The molecule has 1 aliphatic heterocycles. The molecule has 1 N–H and O–H groups in total. The number of methoxy groups -OCH3 is 1. The zero-order valence-corrected chi connectivity index (χ0v) is 11.2. The van der Waals surface area contributed by atoms with Crippen molar-refractivity contribution in [2.24, 2.45) is 0 Å². The first-order valence-corrected chi connectivity index (χ1v) is 6.12. The highest BCUT2D eigenvalue weighted by Gasteiger charge is 2.41. The molecule has 0 spiro atoms. The molecule has 0 aromatic carbocycles. The third kappa shape index (κ3) is 2.87. The molecule has 0 aliphatic carbocycles. The maximum atomic E-state index is 12.1. The largest absolute Gasteiger partial charge is 0.468 e. The molecule has 6 heteroatoms. The van der Waals surface area contributed by atoms with E-state index in [1.54, 1.807) is 6.92 Å². The molecule has 0 saturated carbocycles. The lowest BCUT2D eigenvalue weighted by Crippen LogP contribution is -2.47. The van der Waals surface area contributed by atoms with Crippen LogP contribution >= 0.6 is 0 Å². The number of ether oxygens (including phenoxy) is 1. The third-order valence-electron chi connectivity index (χ3n) is 3.22. The van der Waals surface area contributed by atoms with E-state index in [0.717, 1.165) is 6.42 Å². The number of amides is 2. The lowest BCUT2D eigenvalue weighted by molar-refractivity contribution is -0.143. The van der Waals surface area contributed by atoms with Gasteiger partial charge in [0.25, 0.3) is 0 Å². The summed E-state index contributed by atoms with van der Waals surface area (Å²) in [7, 11) is 1.29. The van der Waals surface area contributed by atoms with Gasteiger partial charge in [0.05, 0.1) is 19.6 Å². The maximum absolute atomic E-state index is 12.1. The van der Waals surface area contributed by atoms with Crippen LogP contribution in [0.1, 0.15) is 33.6 Å². The van der Waals surface area contributed by atoms with Crippen LogP contribution in [0.15, 0.2) is 0 Å². The van der Waals surface area contributed by atoms with Crippen molar-refractivity contribution in [3.63, 3.8) is 0 Å². The van der Waals surface area contributed by atoms with Gasteiger partial charge in [0.2, 0.25) is 11.8 Å². The molecule has 1 heterocycles. The first-order valence-electron chi connectivity index (χ1n) is 6.12. The van der Waals surface area contributed by atoms with E-state index >= 15 is 0 Å². The van der Waals surface area contributed by atoms with E-state index in [9.17, 15) is 14.4 Å². The summed E-state index contributed by atoms with van der Waals surface area (Å²) >= 11 is 0. The molecule has 1 aliphatic rings. The molecule has 1 rings (SSSR count). The Morgan fingerprint density at radius 3 is 2.61 bits per heavy atom. The molecule has 0 bridgehead atoms. The van der Waals surface area contributed by atoms with Gasteiger partial charge in [-0.1, -0.05) is 6.92 Å². The van der Waals surface area contributed by atoms with Gasteiger partial charge in [-0.2, -0.15) is 0 Å². The summed E-state index contributed by atoms with van der Waals surface area (Å²) in [6.45, 7) is 5.36. The molecule has 102 valence electrons. The molecule has 2 amide bonds. The lowest BCUT2D eigenvalue weighted by Gasteiger charge is -2.22. The minimum Gasteiger partial charge on any atom is -0.468 e. The summed E-state index contributed by atoms with van der Waals surface area (Å²) in [5, 5.41) is 2.83. The first-order chi connectivity index (χ1) is 8.42. The normalized spacial score (nSPS) is 23.1. The zero-order valence-electron chi connectivity index (χ0n) is 11.2. The topological polar surface area (TPSA) is 75.7 Å². The van der Waals surface area contributed by atoms with Crippen molar-refractivity contribution >= 4 is 17.8 Å². The fourth-order valence-corrected chi connectivity index (χ4v) is 1.97. The highest BCUT2D eigenvalue weighted by molar-refractivity contribution is 6.06. The van der Waals surface area contributed by atoms with Crippen LogP contribution in [-0.2, 0) is 19.1 Å². The minimum atomic E-state index is -0.624. The van der Waals surface area contributed by atoms with E-state index in [0.29, 0.717) is 0 Å². The van der Waals surface area contributed by atoms with Crippen molar-refractivity contribution in [1.29, 1.82) is 0 Å². The van der Waals surface area contributed by atoms with Crippen molar-refractivity contribution in [3.05, 3.63) is 0 Å². The van der Waals surface area contributed by atoms with E-state index < -0.39 is 18.1 Å². The Hall–Kier alpha value is -1.43. The number of esters is 1. The number of hydrogen-bond donors (Lipinski definition) is 1. The predicted octanol–water partition coefficient (Wildman–Crippen LogP) is 0.0635. The van der Waals surface area contributed by atoms with Gasteiger partial charge >= 0.3 is 5.97 Å². The van der Waals surface area contributed by atoms with E-state index in [1.165, 1.54) is 12.0 Å². The van der Waals surface area contributed by atoms with Gasteiger partial charge in [-0.3, -0.25) is 24.6 Å². The molecule has 3 unspecified atom stereocenters. The zero-order chi connectivity index (χ0) is 13.9. The van der Waals surface area contributed by atoms with Crippen molar-refractivity contribution in [1.82, 2.24) is 10.2 Å². The molecule has 3 atom stereocenters. The van der Waals surface area contributed by atoms with Crippen LogP contribution in [0.5, 0.6) is 0 Å². The SMILES string of the molecule is CCC(C)N1C(=O)CC(NC(C)C(=O)OC)C1=O. The van der Waals surface area contributed by atoms with Gasteiger partial charge in [0, 0.05) is 6.04 Å². The molecular weight excluding hydrogens is 236 g/mol. The van der Waals surface area contributed by atoms with Crippen molar-refractivity contribution < 1.29 is 19.1 Å². The summed E-state index contributed by atoms with van der Waals surface area (Å²) < 4.78 is 4.57. The quantitative estimate of drug-likeness (QED) is 0.556. The average Bonchev–Trinajstić information content (AvgIpc) is 2.62. The molecular formula is C12H20N2O4. The van der Waals surface area contributed by atoms with Crippen LogP contribution in [0.3, 0.4) is 0 Å². The number of likely N-dealkylation sites (tertiary alicyclic amines) is 1. The fourth-order valence-electron chi connectivity index (χ4n) is 1.97. The van der Waals surface area contributed by atoms with Crippen molar-refractivity contribution in [2.75, 3.05) is 7.11 Å². The van der Waals surface area contributed by atoms with Gasteiger partial charge in [-0.25, -0.2) is 0 Å². The second-order valence-corrected chi connectivity index (χ2v) is 4.53. The summed E-state index contributed by atoms with van der Waals surface area (Å²) in [6.07, 6.45) is 0.821. The number of carbonyl (C=O) groups excluding carboxylic acids is 3. The van der Waals surface area contributed by atoms with E-state index in [4.69, 9.17) is 0 Å². The Morgan fingerprint density at radius 2 is 2.11 bits per heavy atom. The smallest absolute Gasteiger partial charge is 0.322 e. The minimum absolute atomic E-state index is 0.102. The van der Waals surface area contributed by atoms with Gasteiger partial charge in [0.15, 0.2) is 0 Å². The van der Waals surface area contributed by atoms with Gasteiger partial charge in [-0.15, -0.1) is 0 Å². The lowest BCUT2D eigenvalue weighted by atomic mass is 10.2. The van der Waals surface area contributed by atoms with Crippen LogP contribution in [0.2, 0.25) is 0 Å². The summed E-state index contributed by atoms with van der Waals surface area (Å²) in [4.78, 5) is 36.4. The van der Waals surface area contributed by atoms with Gasteiger partial charge in [0.1, 0.15) is 6.04 Å². The summed E-state index contributed by atoms with van der Waals surface area (Å²) in [5.41, 5.74) is 0. The molecule has 1 saturated heterocycles. The van der Waals surface area contributed by atoms with Crippen LogP contribution in [-0.4, -0.2) is 47.9 Å². The number of rotatable bonds is 5. The second-order valence-electron chi connectivity index (χ2n) is 4.53.